The van der Waals surface area contributed by atoms with Gasteiger partial charge in [-0.15, -0.1) is 10.2 Å². The van der Waals surface area contributed by atoms with E-state index in [-0.39, 0.29) is 5.41 Å². The maximum absolute atomic E-state index is 6.43. The van der Waals surface area contributed by atoms with Gasteiger partial charge < -0.3 is 4.42 Å². The van der Waals surface area contributed by atoms with Gasteiger partial charge in [-0.05, 0) is 74.8 Å². The summed E-state index contributed by atoms with van der Waals surface area (Å²) in [4.78, 5) is 0. The van der Waals surface area contributed by atoms with Gasteiger partial charge in [0, 0.05) is 21.9 Å². The second kappa shape index (κ2) is 10.5. The molecule has 0 saturated carbocycles. The summed E-state index contributed by atoms with van der Waals surface area (Å²) in [6, 6.07) is 48.5. The molecule has 6 aromatic carbocycles. The first-order valence-electron chi connectivity index (χ1n) is 15.9. The number of fused-ring (bicyclic) bond motifs is 5. The number of nitrogens with zero attached hydrogens (tertiary/aromatic N) is 4. The second-order valence-corrected chi connectivity index (χ2v) is 12.6. The molecule has 0 spiro atoms. The van der Waals surface area contributed by atoms with E-state index in [0.29, 0.717) is 11.8 Å². The molecule has 0 saturated heterocycles. The van der Waals surface area contributed by atoms with Crippen molar-refractivity contribution in [2.45, 2.75) is 19.3 Å². The lowest BCUT2D eigenvalue weighted by molar-refractivity contribution is 0.584. The Morgan fingerprint density at radius 2 is 1.17 bits per heavy atom. The average Bonchev–Trinajstić information content (AvgIpc) is 3.85. The molecular formula is C42H30N4O. The summed E-state index contributed by atoms with van der Waals surface area (Å²) in [5.74, 6) is 0.990. The lowest BCUT2D eigenvalue weighted by atomic mass is 9.80. The first-order chi connectivity index (χ1) is 23.1. The number of aromatic nitrogens is 4. The highest BCUT2D eigenvalue weighted by atomic mass is 16.4. The molecule has 0 aliphatic heterocycles. The molecule has 0 unspecified atom stereocenters. The third kappa shape index (κ3) is 4.27. The summed E-state index contributed by atoms with van der Waals surface area (Å²) in [6.45, 7) is 4.59. The SMILES string of the molecule is CC1(C)c2ccccc2-c2c(-c3nnc(-c4ccccc4)o3)cc3c(cnn3-c3ccc(-c4ccccc4)c(-c4ccccc4)c3)c21. The molecule has 0 N–H and O–H groups in total. The van der Waals surface area contributed by atoms with Crippen LogP contribution in [-0.2, 0) is 5.41 Å². The van der Waals surface area contributed by atoms with E-state index in [1.165, 1.54) is 27.8 Å². The van der Waals surface area contributed by atoms with Crippen molar-refractivity contribution in [3.05, 3.63) is 157 Å². The minimum Gasteiger partial charge on any atom is -0.416 e. The Morgan fingerprint density at radius 3 is 1.89 bits per heavy atom. The molecule has 0 atom stereocenters. The first kappa shape index (κ1) is 27.3. The van der Waals surface area contributed by atoms with Crippen LogP contribution in [0.1, 0.15) is 25.0 Å². The van der Waals surface area contributed by atoms with Crippen LogP contribution in [0.15, 0.2) is 150 Å². The maximum atomic E-state index is 6.43. The maximum Gasteiger partial charge on any atom is 0.248 e. The highest BCUT2D eigenvalue weighted by Crippen LogP contribution is 2.55. The Morgan fingerprint density at radius 1 is 0.553 bits per heavy atom. The quantitative estimate of drug-likeness (QED) is 0.196. The van der Waals surface area contributed by atoms with E-state index in [1.54, 1.807) is 0 Å². The molecule has 224 valence electrons. The Kier molecular flexibility index (Phi) is 6.09. The van der Waals surface area contributed by atoms with E-state index in [9.17, 15) is 0 Å². The van der Waals surface area contributed by atoms with Crippen LogP contribution >= 0.6 is 0 Å². The van der Waals surface area contributed by atoms with Crippen molar-refractivity contribution in [1.82, 2.24) is 20.0 Å². The summed E-state index contributed by atoms with van der Waals surface area (Å²) in [6.07, 6.45) is 2.02. The van der Waals surface area contributed by atoms with Crippen LogP contribution in [0.3, 0.4) is 0 Å². The second-order valence-electron chi connectivity index (χ2n) is 12.6. The normalized spacial score (nSPS) is 13.1. The summed E-state index contributed by atoms with van der Waals surface area (Å²) < 4.78 is 8.47. The van der Waals surface area contributed by atoms with E-state index in [1.807, 2.05) is 41.2 Å². The van der Waals surface area contributed by atoms with Crippen molar-refractivity contribution in [2.75, 3.05) is 0 Å². The van der Waals surface area contributed by atoms with Gasteiger partial charge in [-0.1, -0.05) is 123 Å². The third-order valence-corrected chi connectivity index (χ3v) is 9.46. The van der Waals surface area contributed by atoms with Crippen molar-refractivity contribution in [3.63, 3.8) is 0 Å². The Labute approximate surface area is 272 Å². The third-order valence-electron chi connectivity index (χ3n) is 9.46. The minimum absolute atomic E-state index is 0.261. The molecule has 2 aromatic heterocycles. The Hall–Kier alpha value is -6.07. The zero-order valence-electron chi connectivity index (χ0n) is 26.1. The van der Waals surface area contributed by atoms with Gasteiger partial charge in [-0.2, -0.15) is 5.10 Å². The van der Waals surface area contributed by atoms with E-state index in [4.69, 9.17) is 9.52 Å². The molecule has 5 heteroatoms. The van der Waals surface area contributed by atoms with E-state index in [0.717, 1.165) is 44.4 Å². The van der Waals surface area contributed by atoms with Crippen LogP contribution < -0.4 is 0 Å². The van der Waals surface area contributed by atoms with Crippen molar-refractivity contribution in [2.24, 2.45) is 0 Å². The smallest absolute Gasteiger partial charge is 0.248 e. The van der Waals surface area contributed by atoms with Gasteiger partial charge in [0.05, 0.1) is 17.4 Å². The summed E-state index contributed by atoms with van der Waals surface area (Å²) in [7, 11) is 0. The highest BCUT2D eigenvalue weighted by Gasteiger charge is 2.40. The van der Waals surface area contributed by atoms with Crippen LogP contribution in [0.5, 0.6) is 0 Å². The Balaban J connectivity index is 1.29. The first-order valence-corrected chi connectivity index (χ1v) is 15.9. The molecule has 5 nitrogen and oxygen atoms in total. The summed E-state index contributed by atoms with van der Waals surface area (Å²) >= 11 is 0. The molecule has 0 amide bonds. The molecule has 1 aliphatic rings. The van der Waals surface area contributed by atoms with Gasteiger partial charge >= 0.3 is 0 Å². The molecule has 2 heterocycles. The van der Waals surface area contributed by atoms with Gasteiger partial charge in [0.15, 0.2) is 0 Å². The number of rotatable bonds is 5. The molecular weight excluding hydrogens is 576 g/mol. The van der Waals surface area contributed by atoms with Crippen LogP contribution in [0.4, 0.5) is 0 Å². The van der Waals surface area contributed by atoms with Crippen molar-refractivity contribution in [1.29, 1.82) is 0 Å². The van der Waals surface area contributed by atoms with Crippen LogP contribution in [0, 0.1) is 0 Å². The summed E-state index contributed by atoms with van der Waals surface area (Å²) in [5, 5.41) is 15.2. The predicted octanol–water partition coefficient (Wildman–Crippen LogP) is 10.4. The topological polar surface area (TPSA) is 56.7 Å². The number of hydrogen-bond donors (Lipinski definition) is 0. The molecule has 1 aliphatic carbocycles. The lowest BCUT2D eigenvalue weighted by Crippen LogP contribution is -2.15. The van der Waals surface area contributed by atoms with Crippen molar-refractivity contribution in [3.8, 4) is 62.0 Å². The molecule has 9 rings (SSSR count). The number of hydrogen-bond acceptors (Lipinski definition) is 4. The average molecular weight is 607 g/mol. The zero-order valence-corrected chi connectivity index (χ0v) is 26.1. The van der Waals surface area contributed by atoms with Crippen molar-refractivity contribution < 1.29 is 4.42 Å². The van der Waals surface area contributed by atoms with Gasteiger partial charge in [0.25, 0.3) is 0 Å². The fourth-order valence-corrected chi connectivity index (χ4v) is 7.27. The van der Waals surface area contributed by atoms with Gasteiger partial charge in [0.2, 0.25) is 11.8 Å². The molecule has 0 fully saturated rings. The van der Waals surface area contributed by atoms with Gasteiger partial charge in [0.1, 0.15) is 0 Å². The molecule has 0 radical (unpaired) electrons. The molecule has 8 aromatic rings. The fraction of sp³-hybridized carbons (Fsp3) is 0.0714. The minimum atomic E-state index is -0.261. The van der Waals surface area contributed by atoms with Crippen LogP contribution in [-0.4, -0.2) is 20.0 Å². The monoisotopic (exact) mass is 606 g/mol. The Bertz CT molecular complexity index is 2420. The molecule has 47 heavy (non-hydrogen) atoms. The lowest BCUT2D eigenvalue weighted by Gasteiger charge is -2.22. The van der Waals surface area contributed by atoms with Crippen molar-refractivity contribution >= 4 is 10.9 Å². The fourth-order valence-electron chi connectivity index (χ4n) is 7.27. The van der Waals surface area contributed by atoms with Gasteiger partial charge in [-0.3, -0.25) is 0 Å². The van der Waals surface area contributed by atoms with E-state index < -0.39 is 0 Å². The largest absolute Gasteiger partial charge is 0.416 e. The van der Waals surface area contributed by atoms with Gasteiger partial charge in [-0.25, -0.2) is 4.68 Å². The van der Waals surface area contributed by atoms with E-state index in [2.05, 4.69) is 133 Å². The predicted molar refractivity (Wildman–Crippen MR) is 188 cm³/mol. The van der Waals surface area contributed by atoms with Crippen LogP contribution in [0.2, 0.25) is 0 Å². The van der Waals surface area contributed by atoms with E-state index >= 15 is 0 Å². The highest BCUT2D eigenvalue weighted by molar-refractivity contribution is 6.03. The summed E-state index contributed by atoms with van der Waals surface area (Å²) in [5.41, 5.74) is 13.0. The standard InChI is InChI=1S/C42H30N4O/c1-42(2)36-21-13-12-20-32(36)38-34(41-45-44-40(47-41)29-18-10-5-11-19-29)25-37-35(39(38)42)26-43-46(37)30-22-23-31(27-14-6-3-7-15-27)33(24-30)28-16-8-4-9-17-28/h3-26H,1-2H3. The number of benzene rings is 6. The van der Waals surface area contributed by atoms with Crippen LogP contribution in [0.25, 0.3) is 72.9 Å². The molecule has 0 bridgehead atoms. The zero-order chi connectivity index (χ0) is 31.5.